The summed E-state index contributed by atoms with van der Waals surface area (Å²) >= 11 is 1.44. The second-order valence-corrected chi connectivity index (χ2v) is 17.9. The number of rotatable bonds is 8. The van der Waals surface area contributed by atoms with Crippen LogP contribution in [-0.2, 0) is 29.1 Å². The van der Waals surface area contributed by atoms with Crippen molar-refractivity contribution in [2.75, 3.05) is 6.54 Å². The third-order valence-electron chi connectivity index (χ3n) is 11.0. The SMILES string of the molecule is O=C(N[C@@H]1CCCCC/C=C\C2C[C@@]2(C(=O)NS(=O)(=O)C2CC2)NC(=O)[C@@H]2C[C@@H](Oc3nc4ccoc4nc3-c3cccs3)CN2C1=O)OC1CCCC1. The summed E-state index contributed by atoms with van der Waals surface area (Å²) in [6.45, 7) is -0.0274. The Morgan fingerprint density at radius 2 is 1.83 bits per heavy atom. The molecule has 0 spiro atoms. The fourth-order valence-electron chi connectivity index (χ4n) is 7.77. The van der Waals surface area contributed by atoms with E-state index < -0.39 is 68.7 Å². The Hall–Kier alpha value is -4.51. The number of thiophene rings is 1. The van der Waals surface area contributed by atoms with E-state index in [2.05, 4.69) is 25.3 Å². The Labute approximate surface area is 316 Å². The van der Waals surface area contributed by atoms with Crippen molar-refractivity contribution in [3.8, 4) is 16.5 Å². The predicted octanol–water partition coefficient (Wildman–Crippen LogP) is 4.34. The molecule has 3 aromatic rings. The maximum Gasteiger partial charge on any atom is 0.408 e. The van der Waals surface area contributed by atoms with Crippen molar-refractivity contribution in [2.45, 2.75) is 119 Å². The predicted molar refractivity (Wildman–Crippen MR) is 197 cm³/mol. The summed E-state index contributed by atoms with van der Waals surface area (Å²) in [6.07, 6.45) is 11.6. The molecule has 17 heteroatoms. The molecule has 0 bridgehead atoms. The summed E-state index contributed by atoms with van der Waals surface area (Å²) in [5.41, 5.74) is -0.255. The van der Waals surface area contributed by atoms with Gasteiger partial charge in [0.05, 0.1) is 22.9 Å². The van der Waals surface area contributed by atoms with Gasteiger partial charge in [-0.25, -0.2) is 23.2 Å². The van der Waals surface area contributed by atoms with Crippen molar-refractivity contribution < 1.29 is 41.5 Å². The lowest BCUT2D eigenvalue weighted by molar-refractivity contribution is -0.141. The lowest BCUT2D eigenvalue weighted by Gasteiger charge is -2.30. The van der Waals surface area contributed by atoms with Crippen LogP contribution in [0.25, 0.3) is 21.8 Å². The number of alkyl carbamates (subject to hydrolysis) is 1. The van der Waals surface area contributed by atoms with Crippen LogP contribution in [0, 0.1) is 5.92 Å². The normalized spacial score (nSPS) is 28.6. The molecule has 3 saturated carbocycles. The number of nitrogens with zero attached hydrogens (tertiary/aromatic N) is 3. The zero-order chi connectivity index (χ0) is 37.5. The zero-order valence-corrected chi connectivity index (χ0v) is 31.4. The molecule has 0 radical (unpaired) electrons. The number of carbonyl (C=O) groups is 4. The van der Waals surface area contributed by atoms with Crippen LogP contribution in [0.1, 0.15) is 83.5 Å². The molecule has 4 amide bonds. The monoisotopic (exact) mass is 780 g/mol. The van der Waals surface area contributed by atoms with Crippen molar-refractivity contribution in [1.82, 2.24) is 30.2 Å². The van der Waals surface area contributed by atoms with Crippen molar-refractivity contribution in [3.05, 3.63) is 42.0 Å². The second-order valence-electron chi connectivity index (χ2n) is 15.0. The van der Waals surface area contributed by atoms with Crippen LogP contribution in [0.2, 0.25) is 0 Å². The van der Waals surface area contributed by atoms with Crippen LogP contribution in [0.3, 0.4) is 0 Å². The first-order valence-electron chi connectivity index (χ1n) is 18.9. The second kappa shape index (κ2) is 15.0. The Bertz CT molecular complexity index is 2040. The Morgan fingerprint density at radius 3 is 2.61 bits per heavy atom. The number of sulfonamides is 1. The highest BCUT2D eigenvalue weighted by Crippen LogP contribution is 2.46. The lowest BCUT2D eigenvalue weighted by atomic mass is 10.0. The number of furan rings is 1. The average molecular weight is 781 g/mol. The average Bonchev–Trinajstić information content (AvgIpc) is 3.71. The molecule has 5 aliphatic rings. The molecule has 8 rings (SSSR count). The van der Waals surface area contributed by atoms with E-state index >= 15 is 0 Å². The van der Waals surface area contributed by atoms with E-state index in [0.717, 1.165) is 43.4 Å². The number of allylic oxidation sites excluding steroid dienone is 1. The molecule has 0 aromatic carbocycles. The molecule has 288 valence electrons. The summed E-state index contributed by atoms with van der Waals surface area (Å²) in [4.78, 5) is 67.4. The highest BCUT2D eigenvalue weighted by atomic mass is 32.2. The highest BCUT2D eigenvalue weighted by molar-refractivity contribution is 7.91. The summed E-state index contributed by atoms with van der Waals surface area (Å²) < 4.78 is 45.6. The molecule has 1 unspecified atom stereocenters. The van der Waals surface area contributed by atoms with Gasteiger partial charge in [-0.15, -0.1) is 11.3 Å². The van der Waals surface area contributed by atoms with Crippen molar-refractivity contribution >= 4 is 56.4 Å². The maximum absolute atomic E-state index is 14.6. The van der Waals surface area contributed by atoms with Gasteiger partial charge in [-0.2, -0.15) is 0 Å². The number of nitrogens with one attached hydrogen (secondary N) is 3. The summed E-state index contributed by atoms with van der Waals surface area (Å²) in [6, 6.07) is 3.32. The van der Waals surface area contributed by atoms with Gasteiger partial charge in [0.2, 0.25) is 33.4 Å². The third kappa shape index (κ3) is 7.70. The molecular formula is C37H44N6O9S2. The number of hydrogen-bond donors (Lipinski definition) is 3. The number of hydrogen-bond acceptors (Lipinski definition) is 12. The van der Waals surface area contributed by atoms with Crippen LogP contribution in [0.15, 0.2) is 46.4 Å². The molecule has 15 nitrogen and oxygen atoms in total. The minimum Gasteiger partial charge on any atom is -0.471 e. The standard InChI is InChI=1S/C37H44N6O9S2/c44-31-28-19-24(51-33-30(29-13-8-18-53-29)40-32-26(38-33)16-17-50-32)21-43(28)34(45)27(39-36(47)52-23-10-6-7-11-23)12-5-3-1-2-4-9-22-20-37(22,41-31)35(46)42-54(48,49)25-14-15-25/h4,8-9,13,16-18,22-25,27-28H,1-3,5-7,10-12,14-15,19-21H2,(H,39,47)(H,41,44)(H,42,46)/b9-4-/t22?,24-,27-,28+,37-/m1/s1. The Balaban J connectivity index is 1.09. The van der Waals surface area contributed by atoms with Crippen molar-refractivity contribution in [3.63, 3.8) is 0 Å². The molecule has 5 heterocycles. The van der Waals surface area contributed by atoms with Crippen LogP contribution in [-0.4, -0.2) is 88.7 Å². The number of fused-ring (bicyclic) bond motifs is 3. The van der Waals surface area contributed by atoms with Gasteiger partial charge in [0, 0.05) is 18.4 Å². The fourth-order valence-corrected chi connectivity index (χ4v) is 9.84. The van der Waals surface area contributed by atoms with E-state index in [0.29, 0.717) is 49.0 Å². The minimum absolute atomic E-state index is 0.0274. The smallest absolute Gasteiger partial charge is 0.408 e. The third-order valence-corrected chi connectivity index (χ3v) is 13.7. The van der Waals surface area contributed by atoms with E-state index in [4.69, 9.17) is 13.9 Å². The fraction of sp³-hybridized carbons (Fsp3) is 0.568. The lowest BCUT2D eigenvalue weighted by Crippen LogP contribution is -2.58. The molecular weight excluding hydrogens is 737 g/mol. The molecule has 5 atom stereocenters. The van der Waals surface area contributed by atoms with Gasteiger partial charge in [0.25, 0.3) is 5.91 Å². The summed E-state index contributed by atoms with van der Waals surface area (Å²) in [5, 5.41) is 6.97. The van der Waals surface area contributed by atoms with Crippen molar-refractivity contribution in [2.24, 2.45) is 5.92 Å². The van der Waals surface area contributed by atoms with Crippen LogP contribution in [0.4, 0.5) is 4.79 Å². The maximum atomic E-state index is 14.6. The Morgan fingerprint density at radius 1 is 1.02 bits per heavy atom. The number of amides is 4. The van der Waals surface area contributed by atoms with Gasteiger partial charge in [-0.1, -0.05) is 31.1 Å². The number of ether oxygens (including phenoxy) is 2. The van der Waals surface area contributed by atoms with Crippen LogP contribution in [0.5, 0.6) is 5.88 Å². The molecule has 1 saturated heterocycles. The zero-order valence-electron chi connectivity index (χ0n) is 29.7. The molecule has 3 N–H and O–H groups in total. The summed E-state index contributed by atoms with van der Waals surface area (Å²) in [5.74, 6) is -2.11. The van der Waals surface area contributed by atoms with Gasteiger partial charge in [0.1, 0.15) is 41.0 Å². The highest BCUT2D eigenvalue weighted by Gasteiger charge is 2.62. The quantitative estimate of drug-likeness (QED) is 0.275. The van der Waals surface area contributed by atoms with E-state index in [1.54, 1.807) is 6.07 Å². The van der Waals surface area contributed by atoms with E-state index in [1.807, 2.05) is 29.7 Å². The van der Waals surface area contributed by atoms with Gasteiger partial charge in [-0.3, -0.25) is 19.1 Å². The van der Waals surface area contributed by atoms with E-state index in [9.17, 15) is 27.6 Å². The first-order chi connectivity index (χ1) is 26.1. The number of carbonyl (C=O) groups excluding carboxylic acids is 4. The van der Waals surface area contributed by atoms with E-state index in [-0.39, 0.29) is 31.4 Å². The molecule has 4 fully saturated rings. The first-order valence-corrected chi connectivity index (χ1v) is 21.3. The minimum atomic E-state index is -3.89. The number of aromatic nitrogens is 2. The molecule has 3 aliphatic carbocycles. The van der Waals surface area contributed by atoms with E-state index in [1.165, 1.54) is 22.5 Å². The summed E-state index contributed by atoms with van der Waals surface area (Å²) in [7, 11) is -3.89. The van der Waals surface area contributed by atoms with Gasteiger partial charge in [0.15, 0.2) is 0 Å². The molecule has 54 heavy (non-hydrogen) atoms. The largest absolute Gasteiger partial charge is 0.471 e. The van der Waals surface area contributed by atoms with Crippen LogP contribution >= 0.6 is 11.3 Å². The Kier molecular flexibility index (Phi) is 10.1. The topological polar surface area (TPSA) is 199 Å². The first kappa shape index (κ1) is 36.5. The molecule has 2 aliphatic heterocycles. The van der Waals surface area contributed by atoms with Gasteiger partial charge < -0.3 is 29.4 Å². The molecule has 3 aromatic heterocycles. The van der Waals surface area contributed by atoms with Gasteiger partial charge in [-0.05, 0) is 75.7 Å². The van der Waals surface area contributed by atoms with Crippen LogP contribution < -0.4 is 20.1 Å². The van der Waals surface area contributed by atoms with Gasteiger partial charge >= 0.3 is 6.09 Å². The van der Waals surface area contributed by atoms with Crippen molar-refractivity contribution in [1.29, 1.82) is 0 Å².